The monoisotopic (exact) mass is 494 g/mol. The van der Waals surface area contributed by atoms with E-state index in [9.17, 15) is 9.59 Å². The van der Waals surface area contributed by atoms with Gasteiger partial charge >= 0.3 is 0 Å². The fourth-order valence-corrected chi connectivity index (χ4v) is 4.85. The summed E-state index contributed by atoms with van der Waals surface area (Å²) in [7, 11) is 0. The summed E-state index contributed by atoms with van der Waals surface area (Å²) in [4.78, 5) is 39.8. The molecule has 2 fully saturated rings. The van der Waals surface area contributed by atoms with Gasteiger partial charge in [0, 0.05) is 55.8 Å². The van der Waals surface area contributed by atoms with Gasteiger partial charge in [-0.15, -0.1) is 0 Å². The van der Waals surface area contributed by atoms with Gasteiger partial charge in [0.1, 0.15) is 0 Å². The summed E-state index contributed by atoms with van der Waals surface area (Å²) >= 11 is 0. The molecule has 1 aliphatic carbocycles. The number of carbonyl (C=O) groups is 1. The first-order valence-corrected chi connectivity index (χ1v) is 12.9. The van der Waals surface area contributed by atoms with Gasteiger partial charge in [0.05, 0.1) is 11.4 Å². The summed E-state index contributed by atoms with van der Waals surface area (Å²) in [6, 6.07) is 21.3. The number of amides is 1. The van der Waals surface area contributed by atoms with Crippen molar-refractivity contribution in [2.24, 2.45) is 0 Å². The summed E-state index contributed by atoms with van der Waals surface area (Å²) in [5.74, 6) is 0.565. The number of hydrogen-bond donors (Lipinski definition) is 1. The van der Waals surface area contributed by atoms with Crippen LogP contribution in [0.25, 0.3) is 16.7 Å². The lowest BCUT2D eigenvalue weighted by molar-refractivity contribution is 0.0951. The van der Waals surface area contributed by atoms with Crippen molar-refractivity contribution in [2.45, 2.75) is 32.4 Å². The molecule has 188 valence electrons. The van der Waals surface area contributed by atoms with E-state index < -0.39 is 0 Å². The molecule has 0 atom stereocenters. The smallest absolute Gasteiger partial charge is 0.256 e. The molecule has 0 spiro atoms. The lowest BCUT2D eigenvalue weighted by Gasteiger charge is -2.35. The molecule has 1 saturated carbocycles. The summed E-state index contributed by atoms with van der Waals surface area (Å²) in [6.45, 7) is 6.36. The Balaban J connectivity index is 1.26. The zero-order chi connectivity index (χ0) is 25.4. The summed E-state index contributed by atoms with van der Waals surface area (Å²) in [6.07, 6.45) is 2.08. The number of anilines is 1. The van der Waals surface area contributed by atoms with E-state index in [0.717, 1.165) is 56.6 Å². The molecule has 37 heavy (non-hydrogen) atoms. The predicted molar refractivity (Wildman–Crippen MR) is 144 cm³/mol. The highest BCUT2D eigenvalue weighted by Crippen LogP contribution is 2.23. The van der Waals surface area contributed by atoms with Crippen molar-refractivity contribution in [2.75, 3.05) is 31.1 Å². The molecular formula is C29H30N6O2. The van der Waals surface area contributed by atoms with E-state index in [4.69, 9.17) is 9.97 Å². The van der Waals surface area contributed by atoms with Crippen LogP contribution in [0.15, 0.2) is 71.5 Å². The number of aryl methyl sites for hydroxylation is 1. The maximum Gasteiger partial charge on any atom is 0.256 e. The first-order valence-electron chi connectivity index (χ1n) is 12.9. The van der Waals surface area contributed by atoms with Crippen molar-refractivity contribution >= 4 is 22.9 Å². The standard InChI is InChI=1S/C29H30N6O2/c1-20-25-13-14-26(36)35(24-11-7-22(8-12-24)28(37)31-23-9-10-23)27(25)32-29(30-20)34-17-15-33(16-18-34)19-21-5-3-2-4-6-21/h2-8,11-14,23H,9-10,15-19H2,1H3,(H,31,37). The van der Waals surface area contributed by atoms with Crippen LogP contribution >= 0.6 is 0 Å². The number of rotatable bonds is 6. The second-order valence-corrected chi connectivity index (χ2v) is 9.90. The summed E-state index contributed by atoms with van der Waals surface area (Å²) in [5, 5.41) is 3.84. The van der Waals surface area contributed by atoms with Crippen molar-refractivity contribution in [1.82, 2.24) is 24.8 Å². The van der Waals surface area contributed by atoms with Gasteiger partial charge in [-0.05, 0) is 55.7 Å². The molecule has 1 amide bonds. The maximum absolute atomic E-state index is 13.0. The average Bonchev–Trinajstić information content (AvgIpc) is 3.74. The topological polar surface area (TPSA) is 83.4 Å². The third-order valence-corrected chi connectivity index (χ3v) is 7.13. The van der Waals surface area contributed by atoms with Gasteiger partial charge < -0.3 is 10.2 Å². The highest BCUT2D eigenvalue weighted by Gasteiger charge is 2.24. The Bertz CT molecular complexity index is 1490. The molecule has 2 aromatic carbocycles. The predicted octanol–water partition coefficient (Wildman–Crippen LogP) is 3.30. The number of nitrogens with zero attached hydrogens (tertiary/aromatic N) is 5. The van der Waals surface area contributed by atoms with Gasteiger partial charge in [-0.1, -0.05) is 30.3 Å². The molecule has 3 heterocycles. The van der Waals surface area contributed by atoms with E-state index in [0.29, 0.717) is 28.9 Å². The van der Waals surface area contributed by atoms with Crippen LogP contribution in [-0.2, 0) is 6.54 Å². The van der Waals surface area contributed by atoms with Crippen LogP contribution in [0, 0.1) is 6.92 Å². The molecule has 1 aliphatic heterocycles. The molecule has 8 heteroatoms. The minimum absolute atomic E-state index is 0.0776. The third kappa shape index (κ3) is 4.97. The number of nitrogens with one attached hydrogen (secondary N) is 1. The Kier molecular flexibility index (Phi) is 6.18. The van der Waals surface area contributed by atoms with Crippen molar-refractivity contribution in [3.63, 3.8) is 0 Å². The molecular weight excluding hydrogens is 464 g/mol. The van der Waals surface area contributed by atoms with Crippen molar-refractivity contribution < 1.29 is 4.79 Å². The van der Waals surface area contributed by atoms with E-state index in [-0.39, 0.29) is 11.5 Å². The molecule has 1 N–H and O–H groups in total. The number of piperazine rings is 1. The van der Waals surface area contributed by atoms with Crippen LogP contribution in [0.2, 0.25) is 0 Å². The Morgan fingerprint density at radius 2 is 1.65 bits per heavy atom. The van der Waals surface area contributed by atoms with Crippen molar-refractivity contribution in [3.8, 4) is 5.69 Å². The van der Waals surface area contributed by atoms with Crippen LogP contribution in [0.3, 0.4) is 0 Å². The summed E-state index contributed by atoms with van der Waals surface area (Å²) < 4.78 is 1.61. The van der Waals surface area contributed by atoms with Crippen molar-refractivity contribution in [3.05, 3.63) is 93.9 Å². The molecule has 0 unspecified atom stereocenters. The number of aromatic nitrogens is 3. The first kappa shape index (κ1) is 23.4. The second-order valence-electron chi connectivity index (χ2n) is 9.90. The van der Waals surface area contributed by atoms with Gasteiger partial charge in [-0.25, -0.2) is 4.98 Å². The zero-order valence-corrected chi connectivity index (χ0v) is 20.9. The molecule has 1 saturated heterocycles. The van der Waals surface area contributed by atoms with Gasteiger partial charge in [0.15, 0.2) is 5.65 Å². The van der Waals surface area contributed by atoms with Gasteiger partial charge in [0.2, 0.25) is 5.95 Å². The highest BCUT2D eigenvalue weighted by atomic mass is 16.1. The third-order valence-electron chi connectivity index (χ3n) is 7.13. The SMILES string of the molecule is Cc1nc(N2CCN(Cc3ccccc3)CC2)nc2c1ccc(=O)n2-c1ccc(C(=O)NC2CC2)cc1. The Labute approximate surface area is 215 Å². The van der Waals surface area contributed by atoms with E-state index in [2.05, 4.69) is 39.4 Å². The van der Waals surface area contributed by atoms with Crippen LogP contribution < -0.4 is 15.8 Å². The minimum Gasteiger partial charge on any atom is -0.349 e. The maximum atomic E-state index is 13.0. The number of pyridine rings is 1. The first-order chi connectivity index (χ1) is 18.0. The van der Waals surface area contributed by atoms with Crippen molar-refractivity contribution in [1.29, 1.82) is 0 Å². The average molecular weight is 495 g/mol. The fraction of sp³-hybridized carbons (Fsp3) is 0.310. The molecule has 8 nitrogen and oxygen atoms in total. The number of hydrogen-bond acceptors (Lipinski definition) is 6. The zero-order valence-electron chi connectivity index (χ0n) is 20.9. The largest absolute Gasteiger partial charge is 0.349 e. The second kappa shape index (κ2) is 9.78. The highest BCUT2D eigenvalue weighted by molar-refractivity contribution is 5.94. The van der Waals surface area contributed by atoms with E-state index >= 15 is 0 Å². The normalized spacial score (nSPS) is 16.2. The molecule has 2 aromatic heterocycles. The Hall–Kier alpha value is -4.04. The molecule has 6 rings (SSSR count). The summed E-state index contributed by atoms with van der Waals surface area (Å²) in [5.41, 5.74) is 3.82. The van der Waals surface area contributed by atoms with Gasteiger partial charge in [0.25, 0.3) is 11.5 Å². The fourth-order valence-electron chi connectivity index (χ4n) is 4.85. The van der Waals surface area contributed by atoms with Crippen LogP contribution in [0.5, 0.6) is 0 Å². The quantitative estimate of drug-likeness (QED) is 0.443. The van der Waals surface area contributed by atoms with Crippen LogP contribution in [0.1, 0.15) is 34.5 Å². The van der Waals surface area contributed by atoms with E-state index in [1.54, 1.807) is 28.8 Å². The lowest BCUT2D eigenvalue weighted by atomic mass is 10.1. The number of carbonyl (C=O) groups excluding carboxylic acids is 1. The van der Waals surface area contributed by atoms with E-state index in [1.807, 2.05) is 25.1 Å². The van der Waals surface area contributed by atoms with Crippen LogP contribution in [0.4, 0.5) is 5.95 Å². The Morgan fingerprint density at radius 3 is 2.35 bits per heavy atom. The van der Waals surface area contributed by atoms with Gasteiger partial charge in [-0.2, -0.15) is 4.98 Å². The minimum atomic E-state index is -0.167. The number of benzene rings is 2. The molecule has 0 radical (unpaired) electrons. The molecule has 2 aliphatic rings. The molecule has 0 bridgehead atoms. The van der Waals surface area contributed by atoms with Crippen LogP contribution in [-0.4, -0.2) is 57.6 Å². The number of fused-ring (bicyclic) bond motifs is 1. The molecule has 4 aromatic rings. The van der Waals surface area contributed by atoms with E-state index in [1.165, 1.54) is 5.56 Å². The Morgan fingerprint density at radius 1 is 0.919 bits per heavy atom. The lowest BCUT2D eigenvalue weighted by Crippen LogP contribution is -2.46. The van der Waals surface area contributed by atoms with Gasteiger partial charge in [-0.3, -0.25) is 19.1 Å².